The standard InChI is InChI=1S/C21H20FN5/c1-13-5-10-17(22)19(11-13)25-12-24-15-8-6-14(7-9-15)16-3-2-4-18-20(16)21(23)27-26-18/h2-11,24-25H,12H2,1H3,(H3,23,26,27). The molecular formula is C21H20FN5. The van der Waals surface area contributed by atoms with Crippen LogP contribution >= 0.6 is 0 Å². The van der Waals surface area contributed by atoms with Gasteiger partial charge in [-0.2, -0.15) is 5.10 Å². The van der Waals surface area contributed by atoms with Crippen molar-refractivity contribution >= 4 is 28.1 Å². The first-order valence-corrected chi connectivity index (χ1v) is 8.69. The molecule has 0 spiro atoms. The van der Waals surface area contributed by atoms with E-state index in [1.165, 1.54) is 6.07 Å². The number of aromatic amines is 1. The molecule has 0 atom stereocenters. The molecule has 4 aromatic rings. The molecule has 4 rings (SSSR count). The number of benzene rings is 3. The third-order valence-corrected chi connectivity index (χ3v) is 4.51. The van der Waals surface area contributed by atoms with Crippen molar-refractivity contribution in [1.82, 2.24) is 10.2 Å². The molecule has 5 N–H and O–H groups in total. The number of nitrogens with one attached hydrogen (secondary N) is 3. The minimum atomic E-state index is -0.261. The SMILES string of the molecule is Cc1ccc(F)c(NCNc2ccc(-c3cccc4[nH]nc(N)c34)cc2)c1. The van der Waals surface area contributed by atoms with E-state index in [4.69, 9.17) is 5.73 Å². The summed E-state index contributed by atoms with van der Waals surface area (Å²) in [5.41, 5.74) is 11.4. The average Bonchev–Trinajstić information content (AvgIpc) is 3.06. The van der Waals surface area contributed by atoms with Crippen molar-refractivity contribution in [3.05, 3.63) is 72.0 Å². The van der Waals surface area contributed by atoms with Crippen molar-refractivity contribution in [2.45, 2.75) is 6.92 Å². The maximum atomic E-state index is 13.8. The molecule has 0 saturated carbocycles. The van der Waals surface area contributed by atoms with Gasteiger partial charge in [-0.3, -0.25) is 5.10 Å². The van der Waals surface area contributed by atoms with E-state index in [0.717, 1.165) is 33.3 Å². The van der Waals surface area contributed by atoms with Crippen LogP contribution in [0, 0.1) is 12.7 Å². The number of fused-ring (bicyclic) bond motifs is 1. The topological polar surface area (TPSA) is 78.8 Å². The summed E-state index contributed by atoms with van der Waals surface area (Å²) < 4.78 is 13.8. The van der Waals surface area contributed by atoms with Crippen molar-refractivity contribution < 1.29 is 4.39 Å². The molecule has 0 unspecified atom stereocenters. The van der Waals surface area contributed by atoms with Crippen LogP contribution in [0.15, 0.2) is 60.7 Å². The predicted molar refractivity (Wildman–Crippen MR) is 109 cm³/mol. The summed E-state index contributed by atoms with van der Waals surface area (Å²) in [5.74, 6) is 0.232. The van der Waals surface area contributed by atoms with Gasteiger partial charge in [-0.05, 0) is 53.9 Å². The summed E-state index contributed by atoms with van der Waals surface area (Å²) in [6.45, 7) is 2.36. The first kappa shape index (κ1) is 16.9. The highest BCUT2D eigenvalue weighted by Crippen LogP contribution is 2.31. The molecule has 0 radical (unpaired) electrons. The highest BCUT2D eigenvalue weighted by atomic mass is 19.1. The summed E-state index contributed by atoms with van der Waals surface area (Å²) in [6, 6.07) is 19.0. The lowest BCUT2D eigenvalue weighted by Crippen LogP contribution is -2.12. The van der Waals surface area contributed by atoms with Crippen LogP contribution in [0.2, 0.25) is 0 Å². The minimum absolute atomic E-state index is 0.261. The third kappa shape index (κ3) is 3.42. The Morgan fingerprint density at radius 1 is 1.04 bits per heavy atom. The van der Waals surface area contributed by atoms with E-state index in [0.29, 0.717) is 18.2 Å². The number of nitrogens with zero attached hydrogens (tertiary/aromatic N) is 1. The Morgan fingerprint density at radius 3 is 2.67 bits per heavy atom. The van der Waals surface area contributed by atoms with Crippen molar-refractivity contribution in [3.63, 3.8) is 0 Å². The Labute approximate surface area is 156 Å². The van der Waals surface area contributed by atoms with E-state index >= 15 is 0 Å². The number of nitrogens with two attached hydrogens (primary N) is 1. The van der Waals surface area contributed by atoms with Gasteiger partial charge in [-0.1, -0.05) is 30.3 Å². The second kappa shape index (κ2) is 6.99. The summed E-state index contributed by atoms with van der Waals surface area (Å²) >= 11 is 0. The fourth-order valence-electron chi connectivity index (χ4n) is 3.12. The average molecular weight is 361 g/mol. The predicted octanol–water partition coefficient (Wildman–Crippen LogP) is 4.74. The lowest BCUT2D eigenvalue weighted by Gasteiger charge is -2.12. The van der Waals surface area contributed by atoms with E-state index in [9.17, 15) is 4.39 Å². The maximum absolute atomic E-state index is 13.8. The van der Waals surface area contributed by atoms with E-state index < -0.39 is 0 Å². The highest BCUT2D eigenvalue weighted by molar-refractivity contribution is 6.01. The van der Waals surface area contributed by atoms with Gasteiger partial charge in [0.2, 0.25) is 0 Å². The van der Waals surface area contributed by atoms with E-state index in [1.54, 1.807) is 12.1 Å². The second-order valence-corrected chi connectivity index (χ2v) is 6.43. The number of hydrogen-bond donors (Lipinski definition) is 4. The lowest BCUT2D eigenvalue weighted by atomic mass is 10.0. The number of aryl methyl sites for hydroxylation is 1. The Hall–Kier alpha value is -3.54. The van der Waals surface area contributed by atoms with Crippen LogP contribution in [-0.2, 0) is 0 Å². The summed E-state index contributed by atoms with van der Waals surface area (Å²) in [7, 11) is 0. The molecule has 5 nitrogen and oxygen atoms in total. The highest BCUT2D eigenvalue weighted by Gasteiger charge is 2.09. The van der Waals surface area contributed by atoms with Crippen LogP contribution in [0.4, 0.5) is 21.6 Å². The monoisotopic (exact) mass is 361 g/mol. The molecule has 0 fully saturated rings. The van der Waals surface area contributed by atoms with Gasteiger partial charge in [0.05, 0.1) is 23.3 Å². The Bertz CT molecular complexity index is 1090. The molecule has 0 amide bonds. The molecule has 0 saturated heterocycles. The molecule has 6 heteroatoms. The number of nitrogen functional groups attached to an aromatic ring is 1. The van der Waals surface area contributed by atoms with Crippen molar-refractivity contribution in [2.24, 2.45) is 0 Å². The largest absolute Gasteiger partial charge is 0.382 e. The lowest BCUT2D eigenvalue weighted by molar-refractivity contribution is 0.630. The summed E-state index contributed by atoms with van der Waals surface area (Å²) in [6.07, 6.45) is 0. The van der Waals surface area contributed by atoms with Crippen LogP contribution in [0.25, 0.3) is 22.0 Å². The molecule has 1 aromatic heterocycles. The second-order valence-electron chi connectivity index (χ2n) is 6.43. The van der Waals surface area contributed by atoms with Gasteiger partial charge >= 0.3 is 0 Å². The quantitative estimate of drug-likeness (QED) is 0.387. The minimum Gasteiger partial charge on any atom is -0.382 e. The molecule has 136 valence electrons. The van der Waals surface area contributed by atoms with Crippen LogP contribution < -0.4 is 16.4 Å². The molecule has 0 aliphatic heterocycles. The Balaban J connectivity index is 1.47. The first-order valence-electron chi connectivity index (χ1n) is 8.69. The number of H-pyrrole nitrogens is 1. The van der Waals surface area contributed by atoms with Gasteiger partial charge < -0.3 is 16.4 Å². The molecular weight excluding hydrogens is 341 g/mol. The summed E-state index contributed by atoms with van der Waals surface area (Å²) in [5, 5.41) is 14.2. The number of rotatable bonds is 5. The molecule has 0 aliphatic carbocycles. The fraction of sp³-hybridized carbons (Fsp3) is 0.0952. The number of hydrogen-bond acceptors (Lipinski definition) is 4. The Kier molecular flexibility index (Phi) is 4.38. The zero-order chi connectivity index (χ0) is 18.8. The smallest absolute Gasteiger partial charge is 0.153 e. The van der Waals surface area contributed by atoms with Crippen LogP contribution in [0.5, 0.6) is 0 Å². The molecule has 3 aromatic carbocycles. The third-order valence-electron chi connectivity index (χ3n) is 4.51. The molecule has 1 heterocycles. The fourth-order valence-corrected chi connectivity index (χ4v) is 3.12. The van der Waals surface area contributed by atoms with E-state index in [1.807, 2.05) is 49.4 Å². The van der Waals surface area contributed by atoms with Crippen molar-refractivity contribution in [1.29, 1.82) is 0 Å². The zero-order valence-electron chi connectivity index (χ0n) is 14.9. The van der Waals surface area contributed by atoms with Crippen LogP contribution in [-0.4, -0.2) is 16.9 Å². The number of aromatic nitrogens is 2. The zero-order valence-corrected chi connectivity index (χ0v) is 14.9. The first-order chi connectivity index (χ1) is 13.1. The van der Waals surface area contributed by atoms with Gasteiger partial charge in [0.15, 0.2) is 5.82 Å². The Morgan fingerprint density at radius 2 is 1.85 bits per heavy atom. The molecule has 0 bridgehead atoms. The number of anilines is 3. The van der Waals surface area contributed by atoms with E-state index in [-0.39, 0.29) is 5.82 Å². The van der Waals surface area contributed by atoms with Crippen LogP contribution in [0.3, 0.4) is 0 Å². The van der Waals surface area contributed by atoms with Gasteiger partial charge in [-0.15, -0.1) is 0 Å². The van der Waals surface area contributed by atoms with Gasteiger partial charge in [0.1, 0.15) is 5.82 Å². The molecule has 0 aliphatic rings. The van der Waals surface area contributed by atoms with E-state index in [2.05, 4.69) is 20.8 Å². The normalized spacial score (nSPS) is 10.9. The van der Waals surface area contributed by atoms with Crippen molar-refractivity contribution in [2.75, 3.05) is 23.0 Å². The van der Waals surface area contributed by atoms with Gasteiger partial charge in [0, 0.05) is 5.69 Å². The van der Waals surface area contributed by atoms with Gasteiger partial charge in [0.25, 0.3) is 0 Å². The number of halogens is 1. The maximum Gasteiger partial charge on any atom is 0.153 e. The summed E-state index contributed by atoms with van der Waals surface area (Å²) in [4.78, 5) is 0. The van der Waals surface area contributed by atoms with Gasteiger partial charge in [-0.25, -0.2) is 4.39 Å². The van der Waals surface area contributed by atoms with Crippen LogP contribution in [0.1, 0.15) is 5.56 Å². The molecule has 27 heavy (non-hydrogen) atoms. The van der Waals surface area contributed by atoms with Crippen molar-refractivity contribution in [3.8, 4) is 11.1 Å².